The lowest BCUT2D eigenvalue weighted by Gasteiger charge is -2.16. The molecule has 2 aromatic carbocycles. The zero-order valence-corrected chi connectivity index (χ0v) is 14.7. The van der Waals surface area contributed by atoms with E-state index < -0.39 is 12.0 Å². The van der Waals surface area contributed by atoms with Gasteiger partial charge in [0.15, 0.2) is 0 Å². The molecule has 128 valence electrons. The van der Waals surface area contributed by atoms with Gasteiger partial charge in [0.1, 0.15) is 6.04 Å². The zero-order valence-electron chi connectivity index (χ0n) is 13.9. The minimum atomic E-state index is -0.827. The highest BCUT2D eigenvalue weighted by Crippen LogP contribution is 2.26. The molecule has 0 bridgehead atoms. The Balaban J connectivity index is 1.97. The SMILES string of the molecule is Cc1cccc(CCN)c1SCNC(Cc1ccccc1)C(=O)O. The lowest BCUT2D eigenvalue weighted by atomic mass is 10.1. The minimum Gasteiger partial charge on any atom is -0.480 e. The molecular weight excluding hydrogens is 320 g/mol. The number of benzene rings is 2. The van der Waals surface area contributed by atoms with E-state index in [-0.39, 0.29) is 0 Å². The number of nitrogens with two attached hydrogens (primary N) is 1. The molecule has 4 N–H and O–H groups in total. The Hall–Kier alpha value is -1.82. The van der Waals surface area contributed by atoms with Gasteiger partial charge >= 0.3 is 5.97 Å². The second kappa shape index (κ2) is 9.47. The van der Waals surface area contributed by atoms with E-state index in [1.807, 2.05) is 36.4 Å². The van der Waals surface area contributed by atoms with Crippen LogP contribution >= 0.6 is 11.8 Å². The first-order valence-electron chi connectivity index (χ1n) is 8.03. The number of carboxylic acids is 1. The number of carboxylic acid groups (broad SMARTS) is 1. The molecule has 1 atom stereocenters. The van der Waals surface area contributed by atoms with Crippen LogP contribution in [0.4, 0.5) is 0 Å². The van der Waals surface area contributed by atoms with E-state index in [0.717, 1.165) is 12.0 Å². The molecule has 0 aromatic heterocycles. The highest BCUT2D eigenvalue weighted by atomic mass is 32.2. The summed E-state index contributed by atoms with van der Waals surface area (Å²) in [5.41, 5.74) is 9.11. The second-order valence-corrected chi connectivity index (χ2v) is 6.66. The molecule has 0 radical (unpaired) electrons. The number of carbonyl (C=O) groups is 1. The van der Waals surface area contributed by atoms with Crippen LogP contribution in [0.25, 0.3) is 0 Å². The molecule has 1 unspecified atom stereocenters. The van der Waals surface area contributed by atoms with Gasteiger partial charge in [-0.3, -0.25) is 10.1 Å². The summed E-state index contributed by atoms with van der Waals surface area (Å²) in [4.78, 5) is 12.7. The lowest BCUT2D eigenvalue weighted by molar-refractivity contribution is -0.139. The molecule has 2 aromatic rings. The van der Waals surface area contributed by atoms with Crippen LogP contribution in [0.1, 0.15) is 16.7 Å². The molecule has 0 aliphatic carbocycles. The number of aliphatic carboxylic acids is 1. The molecule has 0 fully saturated rings. The second-order valence-electron chi connectivity index (χ2n) is 5.68. The average Bonchev–Trinajstić information content (AvgIpc) is 2.57. The molecule has 0 saturated heterocycles. The van der Waals surface area contributed by atoms with E-state index in [0.29, 0.717) is 18.8 Å². The van der Waals surface area contributed by atoms with Gasteiger partial charge in [-0.15, -0.1) is 11.8 Å². The third kappa shape index (κ3) is 5.37. The summed E-state index contributed by atoms with van der Waals surface area (Å²) in [5.74, 6) is -0.280. The van der Waals surface area contributed by atoms with Crippen molar-refractivity contribution in [1.82, 2.24) is 5.32 Å². The molecule has 0 saturated carbocycles. The summed E-state index contributed by atoms with van der Waals surface area (Å²) in [6.45, 7) is 2.68. The molecule has 0 amide bonds. The molecule has 0 spiro atoms. The monoisotopic (exact) mass is 344 g/mol. The van der Waals surface area contributed by atoms with E-state index in [4.69, 9.17) is 5.73 Å². The van der Waals surface area contributed by atoms with Crippen molar-refractivity contribution in [3.8, 4) is 0 Å². The van der Waals surface area contributed by atoms with Crippen molar-refractivity contribution in [2.75, 3.05) is 12.4 Å². The first kappa shape index (κ1) is 18.5. The van der Waals surface area contributed by atoms with Gasteiger partial charge in [0.2, 0.25) is 0 Å². The van der Waals surface area contributed by atoms with Crippen molar-refractivity contribution >= 4 is 17.7 Å². The van der Waals surface area contributed by atoms with Gasteiger partial charge in [-0.25, -0.2) is 0 Å². The van der Waals surface area contributed by atoms with Crippen LogP contribution in [-0.4, -0.2) is 29.5 Å². The Labute approximate surface area is 147 Å². The quantitative estimate of drug-likeness (QED) is 0.482. The number of thioether (sulfide) groups is 1. The summed E-state index contributed by atoms with van der Waals surface area (Å²) in [5, 5.41) is 12.6. The molecule has 0 aliphatic heterocycles. The van der Waals surface area contributed by atoms with Crippen LogP contribution in [-0.2, 0) is 17.6 Å². The lowest BCUT2D eigenvalue weighted by Crippen LogP contribution is -2.38. The predicted octanol–water partition coefficient (Wildman–Crippen LogP) is 2.83. The largest absolute Gasteiger partial charge is 0.480 e. The van der Waals surface area contributed by atoms with Crippen LogP contribution in [0.5, 0.6) is 0 Å². The van der Waals surface area contributed by atoms with E-state index in [1.54, 1.807) is 11.8 Å². The van der Waals surface area contributed by atoms with Crippen LogP contribution in [0, 0.1) is 6.92 Å². The number of hydrogen-bond donors (Lipinski definition) is 3. The van der Waals surface area contributed by atoms with Gasteiger partial charge in [-0.05, 0) is 43.0 Å². The Bertz CT molecular complexity index is 662. The number of aryl methyl sites for hydroxylation is 1. The van der Waals surface area contributed by atoms with Gasteiger partial charge in [0.25, 0.3) is 0 Å². The van der Waals surface area contributed by atoms with Crippen molar-refractivity contribution in [2.24, 2.45) is 5.73 Å². The van der Waals surface area contributed by atoms with Crippen molar-refractivity contribution in [3.05, 3.63) is 65.2 Å². The van der Waals surface area contributed by atoms with Crippen molar-refractivity contribution in [3.63, 3.8) is 0 Å². The van der Waals surface area contributed by atoms with Crippen molar-refractivity contribution in [1.29, 1.82) is 0 Å². The third-order valence-electron chi connectivity index (χ3n) is 3.83. The van der Waals surface area contributed by atoms with E-state index >= 15 is 0 Å². The summed E-state index contributed by atoms with van der Waals surface area (Å²) in [7, 11) is 0. The van der Waals surface area contributed by atoms with Crippen molar-refractivity contribution < 1.29 is 9.90 Å². The molecule has 4 nitrogen and oxygen atoms in total. The number of hydrogen-bond acceptors (Lipinski definition) is 4. The van der Waals surface area contributed by atoms with Crippen LogP contribution in [0.2, 0.25) is 0 Å². The van der Waals surface area contributed by atoms with Gasteiger partial charge in [0.05, 0.1) is 0 Å². The van der Waals surface area contributed by atoms with Crippen molar-refractivity contribution in [2.45, 2.75) is 30.7 Å². The maximum Gasteiger partial charge on any atom is 0.321 e. The van der Waals surface area contributed by atoms with E-state index in [9.17, 15) is 9.90 Å². The number of nitrogens with one attached hydrogen (secondary N) is 1. The summed E-state index contributed by atoms with van der Waals surface area (Å²) in [6.07, 6.45) is 1.30. The Morgan fingerprint density at radius 2 is 1.96 bits per heavy atom. The topological polar surface area (TPSA) is 75.3 Å². The predicted molar refractivity (Wildman–Crippen MR) is 99.4 cm³/mol. The van der Waals surface area contributed by atoms with Gasteiger partial charge < -0.3 is 10.8 Å². The van der Waals surface area contributed by atoms with Gasteiger partial charge in [-0.2, -0.15) is 0 Å². The Morgan fingerprint density at radius 3 is 2.62 bits per heavy atom. The van der Waals surface area contributed by atoms with E-state index in [2.05, 4.69) is 24.4 Å². The van der Waals surface area contributed by atoms with Crippen LogP contribution in [0.15, 0.2) is 53.4 Å². The normalized spacial score (nSPS) is 12.1. The molecule has 5 heteroatoms. The summed E-state index contributed by atoms with van der Waals surface area (Å²) in [6, 6.07) is 15.3. The molecule has 0 heterocycles. The zero-order chi connectivity index (χ0) is 17.4. The highest BCUT2D eigenvalue weighted by Gasteiger charge is 2.17. The number of rotatable bonds is 9. The fraction of sp³-hybridized carbons (Fsp3) is 0.316. The minimum absolute atomic E-state index is 0.472. The maximum absolute atomic E-state index is 11.5. The first-order valence-corrected chi connectivity index (χ1v) is 9.02. The molecule has 0 aliphatic rings. The summed E-state index contributed by atoms with van der Waals surface area (Å²) >= 11 is 1.64. The van der Waals surface area contributed by atoms with Crippen LogP contribution in [0.3, 0.4) is 0 Å². The third-order valence-corrected chi connectivity index (χ3v) is 5.02. The fourth-order valence-corrected chi connectivity index (χ4v) is 3.66. The molecular formula is C19H24N2O2S. The highest BCUT2D eigenvalue weighted by molar-refractivity contribution is 7.99. The Morgan fingerprint density at radius 1 is 1.21 bits per heavy atom. The Kier molecular flexibility index (Phi) is 7.31. The standard InChI is InChI=1S/C19H24N2O2S/c1-14-6-5-9-16(10-11-20)18(14)24-13-21-17(19(22)23)12-15-7-3-2-4-8-15/h2-9,17,21H,10-13,20H2,1H3,(H,22,23). The first-order chi connectivity index (χ1) is 11.6. The fourth-order valence-electron chi connectivity index (χ4n) is 2.58. The average molecular weight is 344 g/mol. The van der Waals surface area contributed by atoms with Gasteiger partial charge in [0, 0.05) is 10.8 Å². The maximum atomic E-state index is 11.5. The molecule has 2 rings (SSSR count). The smallest absolute Gasteiger partial charge is 0.321 e. The van der Waals surface area contributed by atoms with Gasteiger partial charge in [-0.1, -0.05) is 48.5 Å². The summed E-state index contributed by atoms with van der Waals surface area (Å²) < 4.78 is 0. The van der Waals surface area contributed by atoms with Crippen LogP contribution < -0.4 is 11.1 Å². The molecule has 24 heavy (non-hydrogen) atoms. The van der Waals surface area contributed by atoms with E-state index in [1.165, 1.54) is 16.0 Å².